The molecule has 0 spiro atoms. The Morgan fingerprint density at radius 3 is 2.50 bits per heavy atom. The van der Waals surface area contributed by atoms with Gasteiger partial charge in [-0.25, -0.2) is 0 Å². The largest absolute Gasteiger partial charge is 0.439 e. The molecule has 1 N–H and O–H groups in total. The molecule has 0 radical (unpaired) electrons. The Kier molecular flexibility index (Phi) is 3.88. The Labute approximate surface area is 94.2 Å². The summed E-state index contributed by atoms with van der Waals surface area (Å²) < 4.78 is 34.8. The highest BCUT2D eigenvalue weighted by molar-refractivity contribution is 7.85. The molecule has 0 aromatic carbocycles. The molecule has 6 heteroatoms. The Morgan fingerprint density at radius 2 is 2.06 bits per heavy atom. The van der Waals surface area contributed by atoms with Crippen LogP contribution in [-0.2, 0) is 10.1 Å². The maximum Gasteiger partial charge on any atom is 0.328 e. The average Bonchev–Trinajstić information content (AvgIpc) is 2.61. The van der Waals surface area contributed by atoms with Crippen molar-refractivity contribution in [2.24, 2.45) is 5.92 Å². The highest BCUT2D eigenvalue weighted by Gasteiger charge is 2.18. The SMILES string of the molecule is CC(C)CCC(=O)c1ccc(S(=O)(=O)O)o1. The van der Waals surface area contributed by atoms with Crippen LogP contribution in [0.25, 0.3) is 0 Å². The number of ketones is 1. The zero-order valence-electron chi connectivity index (χ0n) is 9.13. The van der Waals surface area contributed by atoms with Crippen LogP contribution in [0.15, 0.2) is 21.6 Å². The van der Waals surface area contributed by atoms with Gasteiger partial charge in [0.2, 0.25) is 5.09 Å². The number of Topliss-reactive ketones (excluding diaryl/α,β-unsaturated/α-hetero) is 1. The fourth-order valence-electron chi connectivity index (χ4n) is 1.15. The molecule has 0 amide bonds. The van der Waals surface area contributed by atoms with Crippen LogP contribution >= 0.6 is 0 Å². The summed E-state index contributed by atoms with van der Waals surface area (Å²) in [6, 6.07) is 2.32. The third kappa shape index (κ3) is 3.46. The molecular formula is C10H14O5S. The molecule has 1 heterocycles. The first-order valence-electron chi connectivity index (χ1n) is 4.91. The number of furan rings is 1. The van der Waals surface area contributed by atoms with E-state index in [1.54, 1.807) is 0 Å². The summed E-state index contributed by atoms with van der Waals surface area (Å²) in [6.07, 6.45) is 1.01. The highest BCUT2D eigenvalue weighted by Crippen LogP contribution is 2.16. The monoisotopic (exact) mass is 246 g/mol. The number of rotatable bonds is 5. The van der Waals surface area contributed by atoms with E-state index in [0.717, 1.165) is 6.07 Å². The smallest absolute Gasteiger partial charge is 0.328 e. The first kappa shape index (κ1) is 12.9. The lowest BCUT2D eigenvalue weighted by atomic mass is 10.1. The molecule has 0 aliphatic carbocycles. The number of hydrogen-bond acceptors (Lipinski definition) is 4. The minimum atomic E-state index is -4.37. The third-order valence-corrected chi connectivity index (χ3v) is 2.79. The third-order valence-electron chi connectivity index (χ3n) is 2.06. The van der Waals surface area contributed by atoms with Crippen molar-refractivity contribution < 1.29 is 22.2 Å². The van der Waals surface area contributed by atoms with Crippen molar-refractivity contribution in [1.29, 1.82) is 0 Å². The molecular weight excluding hydrogens is 232 g/mol. The van der Waals surface area contributed by atoms with Gasteiger partial charge in [0, 0.05) is 6.42 Å². The molecule has 0 aliphatic heterocycles. The van der Waals surface area contributed by atoms with Gasteiger partial charge in [-0.1, -0.05) is 13.8 Å². The summed E-state index contributed by atoms with van der Waals surface area (Å²) >= 11 is 0. The van der Waals surface area contributed by atoms with Crippen LogP contribution in [0.5, 0.6) is 0 Å². The lowest BCUT2D eigenvalue weighted by Crippen LogP contribution is -2.00. The lowest BCUT2D eigenvalue weighted by molar-refractivity contribution is 0.0943. The fraction of sp³-hybridized carbons (Fsp3) is 0.500. The molecule has 0 saturated heterocycles. The van der Waals surface area contributed by atoms with Crippen LogP contribution < -0.4 is 0 Å². The second kappa shape index (κ2) is 4.80. The van der Waals surface area contributed by atoms with E-state index >= 15 is 0 Å². The maximum absolute atomic E-state index is 11.5. The number of carbonyl (C=O) groups excluding carboxylic acids is 1. The van der Waals surface area contributed by atoms with Gasteiger partial charge in [0.15, 0.2) is 11.5 Å². The van der Waals surface area contributed by atoms with E-state index in [0.29, 0.717) is 18.8 Å². The molecule has 0 unspecified atom stereocenters. The lowest BCUT2D eigenvalue weighted by Gasteiger charge is -2.01. The average molecular weight is 246 g/mol. The van der Waals surface area contributed by atoms with Gasteiger partial charge in [-0.05, 0) is 24.5 Å². The van der Waals surface area contributed by atoms with Crippen molar-refractivity contribution in [1.82, 2.24) is 0 Å². The van der Waals surface area contributed by atoms with Gasteiger partial charge in [0.1, 0.15) is 0 Å². The summed E-state index contributed by atoms with van der Waals surface area (Å²) in [5, 5.41) is -0.597. The highest BCUT2D eigenvalue weighted by atomic mass is 32.2. The zero-order chi connectivity index (χ0) is 12.3. The molecule has 1 aromatic heterocycles. The Morgan fingerprint density at radius 1 is 1.44 bits per heavy atom. The van der Waals surface area contributed by atoms with E-state index in [4.69, 9.17) is 8.97 Å². The van der Waals surface area contributed by atoms with Crippen molar-refractivity contribution in [2.75, 3.05) is 0 Å². The van der Waals surface area contributed by atoms with Gasteiger partial charge in [0.05, 0.1) is 0 Å². The van der Waals surface area contributed by atoms with Crippen molar-refractivity contribution in [2.45, 2.75) is 31.8 Å². The van der Waals surface area contributed by atoms with E-state index in [2.05, 4.69) is 0 Å². The standard InChI is InChI=1S/C10H14O5S/c1-7(2)3-4-8(11)9-5-6-10(15-9)16(12,13)14/h5-7H,3-4H2,1-2H3,(H,12,13,14). The first-order chi connectivity index (χ1) is 7.30. The summed E-state index contributed by atoms with van der Waals surface area (Å²) in [6.45, 7) is 3.97. The van der Waals surface area contributed by atoms with Crippen LogP contribution in [0.3, 0.4) is 0 Å². The molecule has 5 nitrogen and oxygen atoms in total. The van der Waals surface area contributed by atoms with E-state index < -0.39 is 15.2 Å². The van der Waals surface area contributed by atoms with E-state index in [1.807, 2.05) is 13.8 Å². The fourth-order valence-corrected chi connectivity index (χ4v) is 1.59. The van der Waals surface area contributed by atoms with Crippen LogP contribution in [0.4, 0.5) is 0 Å². The predicted molar refractivity (Wildman–Crippen MR) is 56.9 cm³/mol. The van der Waals surface area contributed by atoms with Crippen molar-refractivity contribution in [3.05, 3.63) is 17.9 Å². The van der Waals surface area contributed by atoms with Crippen molar-refractivity contribution >= 4 is 15.9 Å². The topological polar surface area (TPSA) is 84.6 Å². The predicted octanol–water partition coefficient (Wildman–Crippen LogP) is 2.15. The normalized spacial score (nSPS) is 12.0. The van der Waals surface area contributed by atoms with Crippen LogP contribution in [0, 0.1) is 5.92 Å². The van der Waals surface area contributed by atoms with Gasteiger partial charge >= 0.3 is 10.1 Å². The van der Waals surface area contributed by atoms with Crippen LogP contribution in [0.1, 0.15) is 37.2 Å². The quantitative estimate of drug-likeness (QED) is 0.635. The van der Waals surface area contributed by atoms with E-state index in [1.165, 1.54) is 6.07 Å². The summed E-state index contributed by atoms with van der Waals surface area (Å²) in [5.41, 5.74) is 0. The Bertz CT molecular complexity index is 469. The molecule has 0 aliphatic rings. The number of carbonyl (C=O) groups is 1. The van der Waals surface area contributed by atoms with E-state index in [-0.39, 0.29) is 11.5 Å². The molecule has 90 valence electrons. The minimum absolute atomic E-state index is 0.0340. The summed E-state index contributed by atoms with van der Waals surface area (Å²) in [4.78, 5) is 11.5. The van der Waals surface area contributed by atoms with Gasteiger partial charge in [0.25, 0.3) is 0 Å². The Hall–Kier alpha value is -1.14. The Balaban J connectivity index is 2.75. The maximum atomic E-state index is 11.5. The minimum Gasteiger partial charge on any atom is -0.439 e. The van der Waals surface area contributed by atoms with Crippen LogP contribution in [-0.4, -0.2) is 18.8 Å². The molecule has 1 aromatic rings. The van der Waals surface area contributed by atoms with Gasteiger partial charge < -0.3 is 4.42 Å². The molecule has 1 rings (SSSR count). The molecule has 0 atom stereocenters. The second-order valence-electron chi connectivity index (χ2n) is 3.95. The van der Waals surface area contributed by atoms with Crippen molar-refractivity contribution in [3.8, 4) is 0 Å². The summed E-state index contributed by atoms with van der Waals surface area (Å²) in [7, 11) is -4.37. The molecule has 0 fully saturated rings. The van der Waals surface area contributed by atoms with Gasteiger partial charge in [-0.15, -0.1) is 0 Å². The molecule has 0 bridgehead atoms. The second-order valence-corrected chi connectivity index (χ2v) is 5.30. The molecule has 0 saturated carbocycles. The van der Waals surface area contributed by atoms with Crippen molar-refractivity contribution in [3.63, 3.8) is 0 Å². The molecule has 16 heavy (non-hydrogen) atoms. The first-order valence-corrected chi connectivity index (χ1v) is 6.35. The van der Waals surface area contributed by atoms with Crippen LogP contribution in [0.2, 0.25) is 0 Å². The number of hydrogen-bond donors (Lipinski definition) is 1. The van der Waals surface area contributed by atoms with E-state index in [9.17, 15) is 13.2 Å². The van der Waals surface area contributed by atoms with Gasteiger partial charge in [-0.2, -0.15) is 8.42 Å². The zero-order valence-corrected chi connectivity index (χ0v) is 9.95. The summed E-state index contributed by atoms with van der Waals surface area (Å²) in [5.74, 6) is 0.0943. The van der Waals surface area contributed by atoms with Gasteiger partial charge in [-0.3, -0.25) is 9.35 Å².